The Morgan fingerprint density at radius 3 is 2.06 bits per heavy atom. The van der Waals surface area contributed by atoms with Gasteiger partial charge in [0, 0.05) is 12.0 Å². The summed E-state index contributed by atoms with van der Waals surface area (Å²) in [5.41, 5.74) is 4.43. The van der Waals surface area contributed by atoms with Gasteiger partial charge in [-0.3, -0.25) is 14.4 Å². The maximum atomic E-state index is 12.1. The number of ether oxygens (including phenoxy) is 1. The molecule has 4 rings (SSSR count). The van der Waals surface area contributed by atoms with E-state index in [1.165, 1.54) is 0 Å². The lowest BCUT2D eigenvalue weighted by molar-refractivity contribution is -0.138. The van der Waals surface area contributed by atoms with Gasteiger partial charge in [0.1, 0.15) is 13.2 Å². The van der Waals surface area contributed by atoms with Crippen molar-refractivity contribution in [3.63, 3.8) is 0 Å². The average Bonchev–Trinajstić information content (AvgIpc) is 3.62. The molecule has 0 saturated heterocycles. The van der Waals surface area contributed by atoms with Crippen LogP contribution in [0.1, 0.15) is 36.3 Å². The third-order valence-electron chi connectivity index (χ3n) is 6.12. The van der Waals surface area contributed by atoms with Gasteiger partial charge in [0.2, 0.25) is 11.8 Å². The smallest absolute Gasteiger partial charge is 0.407 e. The largest absolute Gasteiger partial charge is 0.481 e. The van der Waals surface area contributed by atoms with Crippen LogP contribution < -0.4 is 16.0 Å². The number of aliphatic carboxylic acids is 1. The van der Waals surface area contributed by atoms with Gasteiger partial charge in [0.15, 0.2) is 0 Å². The van der Waals surface area contributed by atoms with Crippen LogP contribution in [0.3, 0.4) is 0 Å². The first-order valence-corrected chi connectivity index (χ1v) is 11.3. The van der Waals surface area contributed by atoms with E-state index in [0.29, 0.717) is 0 Å². The predicted molar refractivity (Wildman–Crippen MR) is 123 cm³/mol. The SMILES string of the molecule is O=C(O)CC(NC(=O)CNC(=O)CNC(=O)OCC1c2ccccc2-c2ccccc21)C1CC1. The molecule has 1 atom stereocenters. The number of hydrogen-bond acceptors (Lipinski definition) is 5. The molecule has 2 aliphatic carbocycles. The lowest BCUT2D eigenvalue weighted by atomic mass is 9.98. The Bertz CT molecular complexity index is 1050. The number of carboxylic acids is 1. The summed E-state index contributed by atoms with van der Waals surface area (Å²) in [5, 5.41) is 16.4. The van der Waals surface area contributed by atoms with E-state index in [2.05, 4.69) is 16.0 Å². The highest BCUT2D eigenvalue weighted by atomic mass is 16.5. The first kappa shape index (κ1) is 23.3. The summed E-state index contributed by atoms with van der Waals surface area (Å²) in [6.07, 6.45) is 0.897. The maximum absolute atomic E-state index is 12.1. The van der Waals surface area contributed by atoms with Crippen molar-refractivity contribution >= 4 is 23.9 Å². The molecule has 0 radical (unpaired) electrons. The van der Waals surface area contributed by atoms with Crippen LogP contribution in [0.2, 0.25) is 0 Å². The lowest BCUT2D eigenvalue weighted by Gasteiger charge is -2.16. The molecule has 9 heteroatoms. The van der Waals surface area contributed by atoms with Gasteiger partial charge in [-0.15, -0.1) is 0 Å². The van der Waals surface area contributed by atoms with Gasteiger partial charge in [-0.1, -0.05) is 48.5 Å². The fraction of sp³-hybridized carbons (Fsp3) is 0.360. The van der Waals surface area contributed by atoms with E-state index >= 15 is 0 Å². The van der Waals surface area contributed by atoms with Gasteiger partial charge in [0.05, 0.1) is 13.0 Å². The average molecular weight is 466 g/mol. The van der Waals surface area contributed by atoms with Crippen molar-refractivity contribution in [2.24, 2.45) is 5.92 Å². The lowest BCUT2D eigenvalue weighted by Crippen LogP contribution is -2.45. The summed E-state index contributed by atoms with van der Waals surface area (Å²) < 4.78 is 5.37. The van der Waals surface area contributed by atoms with E-state index in [1.54, 1.807) is 0 Å². The number of carbonyl (C=O) groups is 4. The number of carbonyl (C=O) groups excluding carboxylic acids is 3. The second kappa shape index (κ2) is 10.4. The third kappa shape index (κ3) is 5.72. The van der Waals surface area contributed by atoms with Crippen LogP contribution in [0.15, 0.2) is 48.5 Å². The third-order valence-corrected chi connectivity index (χ3v) is 6.12. The standard InChI is InChI=1S/C25H27N3O6/c29-22(26-13-23(30)28-21(11-24(31)32)15-9-10-15)12-27-25(33)34-14-20-18-7-3-1-5-16(18)17-6-2-4-8-19(17)20/h1-8,15,20-21H,9-14H2,(H,26,29)(H,27,33)(H,28,30)(H,31,32). The molecule has 178 valence electrons. The van der Waals surface area contributed by atoms with Gasteiger partial charge >= 0.3 is 12.1 Å². The molecule has 1 saturated carbocycles. The number of fused-ring (bicyclic) bond motifs is 3. The predicted octanol–water partition coefficient (Wildman–Crippen LogP) is 2.01. The molecule has 0 aliphatic heterocycles. The summed E-state index contributed by atoms with van der Waals surface area (Å²) in [6.45, 7) is -0.505. The maximum Gasteiger partial charge on any atom is 0.407 e. The fourth-order valence-electron chi connectivity index (χ4n) is 4.32. The van der Waals surface area contributed by atoms with Crippen LogP contribution in [0.25, 0.3) is 11.1 Å². The van der Waals surface area contributed by atoms with E-state index in [9.17, 15) is 19.2 Å². The zero-order valence-electron chi connectivity index (χ0n) is 18.6. The first-order chi connectivity index (χ1) is 16.4. The molecule has 9 nitrogen and oxygen atoms in total. The van der Waals surface area contributed by atoms with Crippen LogP contribution in [0.5, 0.6) is 0 Å². The van der Waals surface area contributed by atoms with E-state index in [0.717, 1.165) is 35.1 Å². The number of benzene rings is 2. The summed E-state index contributed by atoms with van der Waals surface area (Å²) in [5.74, 6) is -1.90. The summed E-state index contributed by atoms with van der Waals surface area (Å²) in [7, 11) is 0. The monoisotopic (exact) mass is 465 g/mol. The number of rotatable bonds is 10. The number of carboxylic acid groups (broad SMARTS) is 1. The molecule has 3 amide bonds. The van der Waals surface area contributed by atoms with E-state index in [1.807, 2.05) is 48.5 Å². The van der Waals surface area contributed by atoms with Crippen molar-refractivity contribution in [3.8, 4) is 11.1 Å². The van der Waals surface area contributed by atoms with Gasteiger partial charge in [0.25, 0.3) is 0 Å². The van der Waals surface area contributed by atoms with E-state index in [4.69, 9.17) is 9.84 Å². The van der Waals surface area contributed by atoms with Crippen molar-refractivity contribution in [1.82, 2.24) is 16.0 Å². The Balaban J connectivity index is 1.19. The zero-order valence-corrected chi connectivity index (χ0v) is 18.6. The Morgan fingerprint density at radius 2 is 1.47 bits per heavy atom. The highest BCUT2D eigenvalue weighted by Gasteiger charge is 2.33. The highest BCUT2D eigenvalue weighted by molar-refractivity contribution is 5.87. The van der Waals surface area contributed by atoms with Gasteiger partial charge in [-0.05, 0) is 41.0 Å². The van der Waals surface area contributed by atoms with Crippen LogP contribution in [0.4, 0.5) is 4.79 Å². The quantitative estimate of drug-likeness (QED) is 0.424. The summed E-state index contributed by atoms with van der Waals surface area (Å²) in [6, 6.07) is 15.5. The minimum Gasteiger partial charge on any atom is -0.481 e. The topological polar surface area (TPSA) is 134 Å². The number of hydrogen-bond donors (Lipinski definition) is 4. The second-order valence-corrected chi connectivity index (χ2v) is 8.57. The summed E-state index contributed by atoms with van der Waals surface area (Å²) >= 11 is 0. The van der Waals surface area contributed by atoms with Crippen LogP contribution in [-0.2, 0) is 19.1 Å². The molecule has 2 aromatic rings. The number of alkyl carbamates (subject to hydrolysis) is 1. The summed E-state index contributed by atoms with van der Waals surface area (Å²) in [4.78, 5) is 47.1. The minimum atomic E-state index is -0.978. The van der Waals surface area contributed by atoms with Crippen LogP contribution in [0, 0.1) is 5.92 Å². The Labute approximate surface area is 196 Å². The molecular weight excluding hydrogens is 438 g/mol. The van der Waals surface area contributed by atoms with Crippen molar-refractivity contribution in [2.45, 2.75) is 31.2 Å². The van der Waals surface area contributed by atoms with Gasteiger partial charge in [-0.25, -0.2) is 4.79 Å². The molecule has 0 spiro atoms. The first-order valence-electron chi connectivity index (χ1n) is 11.3. The van der Waals surface area contributed by atoms with E-state index < -0.39 is 29.9 Å². The molecule has 2 aliphatic rings. The van der Waals surface area contributed by atoms with Gasteiger partial charge < -0.3 is 25.8 Å². The second-order valence-electron chi connectivity index (χ2n) is 8.57. The molecule has 0 aromatic heterocycles. The van der Waals surface area contributed by atoms with Crippen molar-refractivity contribution < 1.29 is 29.0 Å². The normalized spacial score (nSPS) is 14.9. The van der Waals surface area contributed by atoms with Crippen molar-refractivity contribution in [1.29, 1.82) is 0 Å². The Kier molecular flexibility index (Phi) is 7.10. The number of nitrogens with one attached hydrogen (secondary N) is 3. The van der Waals surface area contributed by atoms with E-state index in [-0.39, 0.29) is 38.0 Å². The molecular formula is C25H27N3O6. The molecule has 4 N–H and O–H groups in total. The van der Waals surface area contributed by atoms with Crippen LogP contribution in [-0.4, -0.2) is 54.7 Å². The number of amides is 3. The van der Waals surface area contributed by atoms with Gasteiger partial charge in [-0.2, -0.15) is 0 Å². The fourth-order valence-corrected chi connectivity index (χ4v) is 4.32. The van der Waals surface area contributed by atoms with Crippen molar-refractivity contribution in [3.05, 3.63) is 59.7 Å². The Hall–Kier alpha value is -3.88. The molecule has 0 bridgehead atoms. The molecule has 34 heavy (non-hydrogen) atoms. The zero-order chi connectivity index (χ0) is 24.1. The Morgan fingerprint density at radius 1 is 0.882 bits per heavy atom. The molecule has 1 unspecified atom stereocenters. The highest BCUT2D eigenvalue weighted by Crippen LogP contribution is 2.44. The molecule has 1 fully saturated rings. The van der Waals surface area contributed by atoms with Crippen molar-refractivity contribution in [2.75, 3.05) is 19.7 Å². The molecule has 0 heterocycles. The minimum absolute atomic E-state index is 0.0825. The molecule has 2 aromatic carbocycles. The van der Waals surface area contributed by atoms with Crippen LogP contribution >= 0.6 is 0 Å².